The first-order valence-corrected chi connectivity index (χ1v) is 11.0. The minimum Gasteiger partial charge on any atom is -0.497 e. The van der Waals surface area contributed by atoms with Crippen LogP contribution in [0.25, 0.3) is 0 Å². The van der Waals surface area contributed by atoms with Crippen molar-refractivity contribution < 1.29 is 17.9 Å². The highest BCUT2D eigenvalue weighted by Gasteiger charge is 2.28. The Morgan fingerprint density at radius 2 is 1.50 bits per heavy atom. The molecule has 2 aromatic carbocycles. The molecule has 0 amide bonds. The van der Waals surface area contributed by atoms with Crippen LogP contribution in [-0.2, 0) is 16.4 Å². The standard InChI is InChI=1S/C21H28N2O4S/c1-3-27-20-8-10-21(11-9-20)28(24,25)23-16-14-22(15-17-23)13-12-18-4-6-19(26-2)7-5-18/h4-11H,3,12-17H2,1-2H3. The molecule has 1 saturated heterocycles. The number of nitrogens with zero attached hydrogens (tertiary/aromatic N) is 2. The molecule has 0 aliphatic carbocycles. The van der Waals surface area contributed by atoms with Crippen molar-refractivity contribution >= 4 is 10.0 Å². The first-order valence-electron chi connectivity index (χ1n) is 9.61. The summed E-state index contributed by atoms with van der Waals surface area (Å²) in [6.07, 6.45) is 0.940. The maximum Gasteiger partial charge on any atom is 0.243 e. The highest BCUT2D eigenvalue weighted by atomic mass is 32.2. The van der Waals surface area contributed by atoms with Crippen molar-refractivity contribution in [1.29, 1.82) is 0 Å². The van der Waals surface area contributed by atoms with E-state index in [4.69, 9.17) is 9.47 Å². The Morgan fingerprint density at radius 3 is 2.07 bits per heavy atom. The van der Waals surface area contributed by atoms with Gasteiger partial charge in [-0.1, -0.05) is 12.1 Å². The second-order valence-corrected chi connectivity index (χ2v) is 8.69. The zero-order chi connectivity index (χ0) is 20.0. The fraction of sp³-hybridized carbons (Fsp3) is 0.429. The van der Waals surface area contributed by atoms with Crippen LogP contribution in [0, 0.1) is 0 Å². The number of sulfonamides is 1. The molecule has 3 rings (SSSR count). The van der Waals surface area contributed by atoms with Gasteiger partial charge in [0.25, 0.3) is 0 Å². The van der Waals surface area contributed by atoms with Crippen molar-refractivity contribution in [1.82, 2.24) is 9.21 Å². The number of ether oxygens (including phenoxy) is 2. The smallest absolute Gasteiger partial charge is 0.243 e. The summed E-state index contributed by atoms with van der Waals surface area (Å²) in [6.45, 7) is 5.89. The lowest BCUT2D eigenvalue weighted by Gasteiger charge is -2.34. The molecule has 7 heteroatoms. The Labute approximate surface area is 167 Å². The summed E-state index contributed by atoms with van der Waals surface area (Å²) < 4.78 is 37.9. The van der Waals surface area contributed by atoms with Crippen LogP contribution in [0.2, 0.25) is 0 Å². The minimum atomic E-state index is -3.45. The Balaban J connectivity index is 1.52. The monoisotopic (exact) mass is 404 g/mol. The summed E-state index contributed by atoms with van der Waals surface area (Å²) in [7, 11) is -1.79. The predicted octanol–water partition coefficient (Wildman–Crippen LogP) is 2.64. The first kappa shape index (κ1) is 20.6. The summed E-state index contributed by atoms with van der Waals surface area (Å²) in [5.41, 5.74) is 1.25. The predicted molar refractivity (Wildman–Crippen MR) is 110 cm³/mol. The molecule has 2 aromatic rings. The summed E-state index contributed by atoms with van der Waals surface area (Å²) in [5.74, 6) is 1.54. The van der Waals surface area contributed by atoms with Gasteiger partial charge < -0.3 is 14.4 Å². The number of benzene rings is 2. The molecular formula is C21H28N2O4S. The van der Waals surface area contributed by atoms with Crippen molar-refractivity contribution in [2.24, 2.45) is 0 Å². The van der Waals surface area contributed by atoms with Gasteiger partial charge in [0.1, 0.15) is 11.5 Å². The van der Waals surface area contributed by atoms with Gasteiger partial charge in [0.05, 0.1) is 18.6 Å². The van der Waals surface area contributed by atoms with Gasteiger partial charge in [-0.25, -0.2) is 8.42 Å². The van der Waals surface area contributed by atoms with E-state index in [1.54, 1.807) is 35.7 Å². The lowest BCUT2D eigenvalue weighted by molar-refractivity contribution is 0.190. The van der Waals surface area contributed by atoms with Crippen molar-refractivity contribution in [2.45, 2.75) is 18.2 Å². The van der Waals surface area contributed by atoms with Crippen LogP contribution in [0.15, 0.2) is 53.4 Å². The van der Waals surface area contributed by atoms with Crippen LogP contribution in [-0.4, -0.2) is 64.1 Å². The molecule has 0 atom stereocenters. The lowest BCUT2D eigenvalue weighted by atomic mass is 10.1. The third-order valence-electron chi connectivity index (χ3n) is 4.98. The van der Waals surface area contributed by atoms with Gasteiger partial charge >= 0.3 is 0 Å². The fourth-order valence-corrected chi connectivity index (χ4v) is 4.72. The van der Waals surface area contributed by atoms with Crippen LogP contribution in [0.4, 0.5) is 0 Å². The second kappa shape index (κ2) is 9.41. The third kappa shape index (κ3) is 5.04. The quantitative estimate of drug-likeness (QED) is 0.677. The van der Waals surface area contributed by atoms with E-state index in [2.05, 4.69) is 17.0 Å². The van der Waals surface area contributed by atoms with Crippen molar-refractivity contribution in [3.63, 3.8) is 0 Å². The highest BCUT2D eigenvalue weighted by Crippen LogP contribution is 2.21. The van der Waals surface area contributed by atoms with Crippen LogP contribution in [0.3, 0.4) is 0 Å². The summed E-state index contributed by atoms with van der Waals surface area (Å²) >= 11 is 0. The Morgan fingerprint density at radius 1 is 0.893 bits per heavy atom. The van der Waals surface area contributed by atoms with Gasteiger partial charge in [-0.3, -0.25) is 0 Å². The highest BCUT2D eigenvalue weighted by molar-refractivity contribution is 7.89. The van der Waals surface area contributed by atoms with E-state index in [1.807, 2.05) is 19.1 Å². The van der Waals surface area contributed by atoms with E-state index in [-0.39, 0.29) is 0 Å². The topological polar surface area (TPSA) is 59.1 Å². The molecule has 0 bridgehead atoms. The fourth-order valence-electron chi connectivity index (χ4n) is 3.30. The average Bonchev–Trinajstić information content (AvgIpc) is 2.73. The molecule has 28 heavy (non-hydrogen) atoms. The largest absolute Gasteiger partial charge is 0.497 e. The summed E-state index contributed by atoms with van der Waals surface area (Å²) in [6, 6.07) is 14.7. The zero-order valence-electron chi connectivity index (χ0n) is 16.5. The number of hydrogen-bond acceptors (Lipinski definition) is 5. The Kier molecular flexibility index (Phi) is 6.93. The van der Waals surface area contributed by atoms with Gasteiger partial charge in [0, 0.05) is 32.7 Å². The van der Waals surface area contributed by atoms with E-state index >= 15 is 0 Å². The molecule has 0 unspecified atom stereocenters. The molecule has 152 valence electrons. The van der Waals surface area contributed by atoms with Crippen molar-refractivity contribution in [2.75, 3.05) is 46.4 Å². The summed E-state index contributed by atoms with van der Waals surface area (Å²) in [4.78, 5) is 2.64. The number of piperazine rings is 1. The Bertz CT molecular complexity index is 843. The van der Waals surface area contributed by atoms with E-state index < -0.39 is 10.0 Å². The maximum atomic E-state index is 12.9. The van der Waals surface area contributed by atoms with Gasteiger partial charge in [0.15, 0.2) is 0 Å². The molecule has 0 spiro atoms. The van der Waals surface area contributed by atoms with Crippen molar-refractivity contribution in [3.8, 4) is 11.5 Å². The van der Waals surface area contributed by atoms with Crippen LogP contribution < -0.4 is 9.47 Å². The Hall–Kier alpha value is -2.09. The number of methoxy groups -OCH3 is 1. The van der Waals surface area contributed by atoms with Crippen molar-refractivity contribution in [3.05, 3.63) is 54.1 Å². The van der Waals surface area contributed by atoms with Crippen LogP contribution in [0.1, 0.15) is 12.5 Å². The van der Waals surface area contributed by atoms with E-state index in [0.717, 1.165) is 31.8 Å². The zero-order valence-corrected chi connectivity index (χ0v) is 17.3. The van der Waals surface area contributed by atoms with Gasteiger partial charge in [-0.05, 0) is 55.3 Å². The normalized spacial score (nSPS) is 16.1. The summed E-state index contributed by atoms with van der Waals surface area (Å²) in [5, 5.41) is 0. The van der Waals surface area contributed by atoms with Gasteiger partial charge in [-0.15, -0.1) is 0 Å². The molecule has 1 aliphatic heterocycles. The molecule has 0 saturated carbocycles. The third-order valence-corrected chi connectivity index (χ3v) is 6.89. The lowest BCUT2D eigenvalue weighted by Crippen LogP contribution is -2.48. The number of hydrogen-bond donors (Lipinski definition) is 0. The molecule has 0 radical (unpaired) electrons. The minimum absolute atomic E-state index is 0.322. The van der Waals surface area contributed by atoms with E-state index in [1.165, 1.54) is 5.56 Å². The van der Waals surface area contributed by atoms with E-state index in [0.29, 0.717) is 30.3 Å². The molecular weight excluding hydrogens is 376 g/mol. The average molecular weight is 405 g/mol. The van der Waals surface area contributed by atoms with E-state index in [9.17, 15) is 8.42 Å². The maximum absolute atomic E-state index is 12.9. The first-order chi connectivity index (χ1) is 13.5. The van der Waals surface area contributed by atoms with Gasteiger partial charge in [-0.2, -0.15) is 4.31 Å². The molecule has 0 N–H and O–H groups in total. The molecule has 0 aromatic heterocycles. The molecule has 1 aliphatic rings. The second-order valence-electron chi connectivity index (χ2n) is 6.75. The molecule has 1 heterocycles. The SMILES string of the molecule is CCOc1ccc(S(=O)(=O)N2CCN(CCc3ccc(OC)cc3)CC2)cc1. The molecule has 6 nitrogen and oxygen atoms in total. The van der Waals surface area contributed by atoms with Crippen LogP contribution in [0.5, 0.6) is 11.5 Å². The molecule has 1 fully saturated rings. The van der Waals surface area contributed by atoms with Crippen LogP contribution >= 0.6 is 0 Å². The number of rotatable bonds is 8. The van der Waals surface area contributed by atoms with Gasteiger partial charge in [0.2, 0.25) is 10.0 Å².